The van der Waals surface area contributed by atoms with Crippen molar-refractivity contribution in [2.75, 3.05) is 38.0 Å². The molecule has 1 aromatic rings. The highest BCUT2D eigenvalue weighted by Gasteiger charge is 2.29. The van der Waals surface area contributed by atoms with Gasteiger partial charge in [-0.1, -0.05) is 25.1 Å². The van der Waals surface area contributed by atoms with Crippen LogP contribution in [0.1, 0.15) is 26.2 Å². The zero-order valence-corrected chi connectivity index (χ0v) is 14.9. The van der Waals surface area contributed by atoms with Gasteiger partial charge in [0.25, 0.3) is 0 Å². The second-order valence-corrected chi connectivity index (χ2v) is 6.93. The number of rotatable bonds is 7. The Kier molecular flexibility index (Phi) is 6.04. The van der Waals surface area contributed by atoms with E-state index < -0.39 is 0 Å². The standard InChI is InChI=1S/C19H28N4O2/c1-2-17(19(25)21-15-6-4-3-5-7-15)23-12-10-22(11-13-23)14-18(24)20-16-8-9-16/h3-7,16-17H,2,8-14H2,1H3,(H,20,24)(H,21,25). The van der Waals surface area contributed by atoms with E-state index in [0.717, 1.165) is 51.1 Å². The van der Waals surface area contributed by atoms with Crippen LogP contribution in [0, 0.1) is 0 Å². The molecule has 0 spiro atoms. The number of carbonyl (C=O) groups is 2. The topological polar surface area (TPSA) is 64.7 Å². The molecule has 6 nitrogen and oxygen atoms in total. The van der Waals surface area contributed by atoms with Gasteiger partial charge in [-0.2, -0.15) is 0 Å². The van der Waals surface area contributed by atoms with Crippen molar-refractivity contribution in [1.29, 1.82) is 0 Å². The molecular formula is C19H28N4O2. The molecule has 3 rings (SSSR count). The van der Waals surface area contributed by atoms with Crippen molar-refractivity contribution < 1.29 is 9.59 Å². The smallest absolute Gasteiger partial charge is 0.241 e. The Hall–Kier alpha value is -1.92. The zero-order valence-electron chi connectivity index (χ0n) is 14.9. The predicted molar refractivity (Wildman–Crippen MR) is 98.3 cm³/mol. The Bertz CT molecular complexity index is 580. The highest BCUT2D eigenvalue weighted by Crippen LogP contribution is 2.18. The van der Waals surface area contributed by atoms with Gasteiger partial charge >= 0.3 is 0 Å². The molecule has 1 unspecified atom stereocenters. The Morgan fingerprint density at radius 3 is 2.40 bits per heavy atom. The second-order valence-electron chi connectivity index (χ2n) is 6.93. The summed E-state index contributed by atoms with van der Waals surface area (Å²) < 4.78 is 0. The molecule has 1 saturated heterocycles. The van der Waals surface area contributed by atoms with Crippen LogP contribution in [0.4, 0.5) is 5.69 Å². The maximum absolute atomic E-state index is 12.6. The van der Waals surface area contributed by atoms with Gasteiger partial charge in [-0.15, -0.1) is 0 Å². The summed E-state index contributed by atoms with van der Waals surface area (Å²) in [7, 11) is 0. The van der Waals surface area contributed by atoms with E-state index in [-0.39, 0.29) is 17.9 Å². The molecule has 6 heteroatoms. The highest BCUT2D eigenvalue weighted by molar-refractivity contribution is 5.94. The molecule has 1 aliphatic heterocycles. The summed E-state index contributed by atoms with van der Waals surface area (Å²) in [4.78, 5) is 28.9. The molecule has 136 valence electrons. The monoisotopic (exact) mass is 344 g/mol. The largest absolute Gasteiger partial charge is 0.352 e. The highest BCUT2D eigenvalue weighted by atomic mass is 16.2. The van der Waals surface area contributed by atoms with Gasteiger partial charge < -0.3 is 10.6 Å². The molecule has 0 aromatic heterocycles. The number of nitrogens with zero attached hydrogens (tertiary/aromatic N) is 2. The van der Waals surface area contributed by atoms with Gasteiger partial charge in [0.05, 0.1) is 12.6 Å². The first kappa shape index (κ1) is 17.9. The number of hydrogen-bond donors (Lipinski definition) is 2. The summed E-state index contributed by atoms with van der Waals surface area (Å²) >= 11 is 0. The Morgan fingerprint density at radius 1 is 1.12 bits per heavy atom. The fraction of sp³-hybridized carbons (Fsp3) is 0.579. The van der Waals surface area contributed by atoms with Crippen LogP contribution in [0.3, 0.4) is 0 Å². The van der Waals surface area contributed by atoms with Crippen LogP contribution in [0.5, 0.6) is 0 Å². The lowest BCUT2D eigenvalue weighted by atomic mass is 10.1. The average molecular weight is 344 g/mol. The molecule has 2 N–H and O–H groups in total. The first-order chi connectivity index (χ1) is 12.2. The van der Waals surface area contributed by atoms with Gasteiger partial charge in [0.1, 0.15) is 0 Å². The third-order valence-electron chi connectivity index (χ3n) is 4.89. The quantitative estimate of drug-likeness (QED) is 0.783. The van der Waals surface area contributed by atoms with E-state index >= 15 is 0 Å². The van der Waals surface area contributed by atoms with Crippen LogP contribution >= 0.6 is 0 Å². The van der Waals surface area contributed by atoms with Gasteiger partial charge in [-0.05, 0) is 31.4 Å². The lowest BCUT2D eigenvalue weighted by molar-refractivity contribution is -0.125. The molecule has 1 saturated carbocycles. The number of nitrogens with one attached hydrogen (secondary N) is 2. The van der Waals surface area contributed by atoms with Crippen molar-refractivity contribution in [2.45, 2.75) is 38.3 Å². The summed E-state index contributed by atoms with van der Waals surface area (Å²) in [6.45, 7) is 5.80. The van der Waals surface area contributed by atoms with Crippen LogP contribution in [-0.4, -0.2) is 66.4 Å². The van der Waals surface area contributed by atoms with E-state index in [4.69, 9.17) is 0 Å². The molecule has 1 aliphatic carbocycles. The molecule has 0 radical (unpaired) electrons. The Labute approximate surface area is 149 Å². The maximum Gasteiger partial charge on any atom is 0.241 e. The molecule has 1 atom stereocenters. The van der Waals surface area contributed by atoms with Gasteiger partial charge in [0, 0.05) is 37.9 Å². The lowest BCUT2D eigenvalue weighted by Gasteiger charge is -2.38. The third-order valence-corrected chi connectivity index (χ3v) is 4.89. The second kappa shape index (κ2) is 8.45. The van der Waals surface area contributed by atoms with Crippen molar-refractivity contribution in [1.82, 2.24) is 15.1 Å². The lowest BCUT2D eigenvalue weighted by Crippen LogP contribution is -2.55. The average Bonchev–Trinajstić information content (AvgIpc) is 3.42. The molecule has 2 amide bonds. The van der Waals surface area contributed by atoms with Crippen LogP contribution in [0.15, 0.2) is 30.3 Å². The Balaban J connectivity index is 1.46. The van der Waals surface area contributed by atoms with Crippen LogP contribution < -0.4 is 10.6 Å². The van der Waals surface area contributed by atoms with Gasteiger partial charge in [0.15, 0.2) is 0 Å². The fourth-order valence-corrected chi connectivity index (χ4v) is 3.29. The van der Waals surface area contributed by atoms with E-state index in [2.05, 4.69) is 20.4 Å². The van der Waals surface area contributed by atoms with Crippen LogP contribution in [0.2, 0.25) is 0 Å². The van der Waals surface area contributed by atoms with E-state index in [1.807, 2.05) is 37.3 Å². The van der Waals surface area contributed by atoms with E-state index in [1.54, 1.807) is 0 Å². The summed E-state index contributed by atoms with van der Waals surface area (Å²) in [5.41, 5.74) is 0.835. The summed E-state index contributed by atoms with van der Waals surface area (Å²) in [6, 6.07) is 9.88. The van der Waals surface area contributed by atoms with Crippen molar-refractivity contribution in [3.05, 3.63) is 30.3 Å². The molecule has 1 aromatic carbocycles. The summed E-state index contributed by atoms with van der Waals surface area (Å²) in [5, 5.41) is 6.04. The van der Waals surface area contributed by atoms with Crippen LogP contribution in [0.25, 0.3) is 0 Å². The number of hydrogen-bond acceptors (Lipinski definition) is 4. The van der Waals surface area contributed by atoms with Gasteiger partial charge in [0.2, 0.25) is 11.8 Å². The van der Waals surface area contributed by atoms with Crippen molar-refractivity contribution in [2.24, 2.45) is 0 Å². The Morgan fingerprint density at radius 2 is 1.80 bits per heavy atom. The predicted octanol–water partition coefficient (Wildman–Crippen LogP) is 1.30. The molecule has 1 heterocycles. The van der Waals surface area contributed by atoms with E-state index in [1.165, 1.54) is 0 Å². The van der Waals surface area contributed by atoms with Gasteiger partial charge in [-0.25, -0.2) is 0 Å². The minimum atomic E-state index is -0.123. The summed E-state index contributed by atoms with van der Waals surface area (Å²) in [5.74, 6) is 0.179. The number of piperazine rings is 1. The first-order valence-corrected chi connectivity index (χ1v) is 9.27. The minimum absolute atomic E-state index is 0.0497. The zero-order chi connectivity index (χ0) is 17.6. The van der Waals surface area contributed by atoms with Crippen LogP contribution in [-0.2, 0) is 9.59 Å². The van der Waals surface area contributed by atoms with E-state index in [0.29, 0.717) is 12.6 Å². The van der Waals surface area contributed by atoms with Crippen molar-refractivity contribution >= 4 is 17.5 Å². The number of para-hydroxylation sites is 1. The van der Waals surface area contributed by atoms with Gasteiger partial charge in [-0.3, -0.25) is 19.4 Å². The number of benzene rings is 1. The minimum Gasteiger partial charge on any atom is -0.352 e. The number of carbonyl (C=O) groups excluding carboxylic acids is 2. The number of amides is 2. The van der Waals surface area contributed by atoms with Crippen molar-refractivity contribution in [3.63, 3.8) is 0 Å². The number of anilines is 1. The first-order valence-electron chi connectivity index (χ1n) is 9.27. The SMILES string of the molecule is CCC(C(=O)Nc1ccccc1)N1CCN(CC(=O)NC2CC2)CC1. The normalized spacial score (nSPS) is 20.0. The summed E-state index contributed by atoms with van der Waals surface area (Å²) in [6.07, 6.45) is 3.02. The maximum atomic E-state index is 12.6. The molecule has 0 bridgehead atoms. The van der Waals surface area contributed by atoms with E-state index in [9.17, 15) is 9.59 Å². The molecule has 2 aliphatic rings. The molecule has 2 fully saturated rings. The third kappa shape index (κ3) is 5.28. The van der Waals surface area contributed by atoms with Crippen molar-refractivity contribution in [3.8, 4) is 0 Å². The molecule has 25 heavy (non-hydrogen) atoms. The fourth-order valence-electron chi connectivity index (χ4n) is 3.29. The molecular weight excluding hydrogens is 316 g/mol.